The smallest absolute Gasteiger partial charge is 0.326 e. The Balaban J connectivity index is 5.44. The van der Waals surface area contributed by atoms with E-state index in [9.17, 15) is 33.9 Å². The number of unbranched alkanes of at least 4 members (excludes halogenated alkanes) is 1. The summed E-state index contributed by atoms with van der Waals surface area (Å²) in [5.41, 5.74) is 16.1. The molecule has 0 aliphatic rings. The summed E-state index contributed by atoms with van der Waals surface area (Å²) in [6, 6.07) is -5.01. The second-order valence-corrected chi connectivity index (χ2v) is 8.18. The third-order valence-electron chi connectivity index (χ3n) is 4.85. The fraction of sp³-hybridized carbons (Fsp3) is 0.700. The van der Waals surface area contributed by atoms with Crippen molar-refractivity contribution >= 4 is 35.6 Å². The van der Waals surface area contributed by atoms with Crippen molar-refractivity contribution in [3.8, 4) is 0 Å². The lowest BCUT2D eigenvalue weighted by atomic mass is 10.0. The predicted molar refractivity (Wildman–Crippen MR) is 120 cm³/mol. The van der Waals surface area contributed by atoms with Crippen LogP contribution in [0.5, 0.6) is 0 Å². The molecule has 4 atom stereocenters. The van der Waals surface area contributed by atoms with Gasteiger partial charge in [-0.25, -0.2) is 4.79 Å². The standard InChI is InChI=1S/C20H36N6O8/c1-10(2)16(19(32)25-13(20(33)34)6-7-15(28)29)26-18(31)12(5-3-4-8-21)24-17(30)11(22)9-14(23)27/h10-13,16H,3-9,21-22H2,1-2H3,(H2,23,27)(H,24,30)(H,25,32)(H,26,31)(H,28,29)(H,33,34). The number of amides is 4. The normalized spacial score (nSPS) is 14.4. The number of nitrogens with one attached hydrogen (secondary N) is 3. The Bertz CT molecular complexity index is 745. The molecule has 34 heavy (non-hydrogen) atoms. The number of hydrogen-bond acceptors (Lipinski definition) is 8. The summed E-state index contributed by atoms with van der Waals surface area (Å²) in [7, 11) is 0. The molecular formula is C20H36N6O8. The van der Waals surface area contributed by atoms with Crippen LogP contribution in [0.3, 0.4) is 0 Å². The van der Waals surface area contributed by atoms with Gasteiger partial charge in [-0.05, 0) is 38.1 Å². The fourth-order valence-corrected chi connectivity index (χ4v) is 2.93. The number of hydrogen-bond donors (Lipinski definition) is 8. The van der Waals surface area contributed by atoms with Crippen LogP contribution in [0, 0.1) is 5.92 Å². The molecule has 0 spiro atoms. The second-order valence-electron chi connectivity index (χ2n) is 8.18. The molecule has 0 aromatic heterocycles. The highest BCUT2D eigenvalue weighted by Crippen LogP contribution is 2.08. The molecule has 0 aliphatic heterocycles. The Labute approximate surface area is 197 Å². The van der Waals surface area contributed by atoms with E-state index >= 15 is 0 Å². The van der Waals surface area contributed by atoms with Gasteiger partial charge in [-0.1, -0.05) is 13.8 Å². The molecule has 0 fully saturated rings. The molecule has 0 bridgehead atoms. The molecule has 0 radical (unpaired) electrons. The zero-order valence-corrected chi connectivity index (χ0v) is 19.4. The molecule has 0 aromatic rings. The molecule has 4 amide bonds. The van der Waals surface area contributed by atoms with Gasteiger partial charge in [0.05, 0.1) is 12.5 Å². The molecule has 0 rings (SSSR count). The summed E-state index contributed by atoms with van der Waals surface area (Å²) < 4.78 is 0. The van der Waals surface area contributed by atoms with Gasteiger partial charge in [-0.2, -0.15) is 0 Å². The van der Waals surface area contributed by atoms with E-state index in [2.05, 4.69) is 16.0 Å². The van der Waals surface area contributed by atoms with Gasteiger partial charge in [0.2, 0.25) is 23.6 Å². The van der Waals surface area contributed by atoms with Crippen molar-refractivity contribution in [2.45, 2.75) is 76.5 Å². The fourth-order valence-electron chi connectivity index (χ4n) is 2.93. The van der Waals surface area contributed by atoms with E-state index in [4.69, 9.17) is 22.3 Å². The number of nitrogens with two attached hydrogens (primary N) is 3. The summed E-state index contributed by atoms with van der Waals surface area (Å²) in [4.78, 5) is 71.0. The molecule has 14 heteroatoms. The van der Waals surface area contributed by atoms with E-state index in [-0.39, 0.29) is 12.8 Å². The lowest BCUT2D eigenvalue weighted by Crippen LogP contribution is -2.58. The molecule has 0 saturated heterocycles. The maximum atomic E-state index is 12.9. The van der Waals surface area contributed by atoms with Crippen molar-refractivity contribution in [2.24, 2.45) is 23.1 Å². The van der Waals surface area contributed by atoms with Crippen molar-refractivity contribution in [1.29, 1.82) is 0 Å². The minimum absolute atomic E-state index is 0.168. The first-order chi connectivity index (χ1) is 15.8. The highest BCUT2D eigenvalue weighted by atomic mass is 16.4. The largest absolute Gasteiger partial charge is 0.481 e. The van der Waals surface area contributed by atoms with Gasteiger partial charge in [0, 0.05) is 6.42 Å². The van der Waals surface area contributed by atoms with E-state index in [0.717, 1.165) is 0 Å². The molecule has 0 aromatic carbocycles. The minimum Gasteiger partial charge on any atom is -0.481 e. The van der Waals surface area contributed by atoms with Crippen molar-refractivity contribution in [3.63, 3.8) is 0 Å². The Kier molecular flexibility index (Phi) is 14.1. The molecule has 14 nitrogen and oxygen atoms in total. The van der Waals surface area contributed by atoms with Gasteiger partial charge < -0.3 is 43.4 Å². The number of aliphatic carboxylic acids is 2. The number of primary amides is 1. The Morgan fingerprint density at radius 1 is 0.824 bits per heavy atom. The van der Waals surface area contributed by atoms with E-state index in [1.54, 1.807) is 13.8 Å². The monoisotopic (exact) mass is 488 g/mol. The molecule has 0 aliphatic carbocycles. The molecule has 0 heterocycles. The third kappa shape index (κ3) is 12.1. The maximum absolute atomic E-state index is 12.9. The van der Waals surface area contributed by atoms with Crippen LogP contribution in [0.2, 0.25) is 0 Å². The molecule has 11 N–H and O–H groups in total. The SMILES string of the molecule is CC(C)C(NC(=O)C(CCCCN)NC(=O)C(N)CC(N)=O)C(=O)NC(CCC(=O)O)C(=O)O. The zero-order valence-electron chi connectivity index (χ0n) is 19.4. The first-order valence-electron chi connectivity index (χ1n) is 10.9. The van der Waals surface area contributed by atoms with Gasteiger partial charge >= 0.3 is 11.9 Å². The van der Waals surface area contributed by atoms with Gasteiger partial charge in [0.1, 0.15) is 18.1 Å². The van der Waals surface area contributed by atoms with E-state index in [1.165, 1.54) is 0 Å². The molecule has 0 saturated carbocycles. The highest BCUT2D eigenvalue weighted by molar-refractivity contribution is 5.95. The van der Waals surface area contributed by atoms with Gasteiger partial charge in [0.25, 0.3) is 0 Å². The van der Waals surface area contributed by atoms with Crippen molar-refractivity contribution in [3.05, 3.63) is 0 Å². The van der Waals surface area contributed by atoms with Crippen LogP contribution in [-0.2, 0) is 28.8 Å². The van der Waals surface area contributed by atoms with Gasteiger partial charge in [-0.15, -0.1) is 0 Å². The number of carboxylic acids is 2. The lowest BCUT2D eigenvalue weighted by Gasteiger charge is -2.27. The maximum Gasteiger partial charge on any atom is 0.326 e. The number of rotatable bonds is 17. The Hall–Kier alpha value is -3.26. The second kappa shape index (κ2) is 15.6. The molecule has 4 unspecified atom stereocenters. The van der Waals surface area contributed by atoms with Crippen molar-refractivity contribution in [2.75, 3.05) is 6.54 Å². The molecular weight excluding hydrogens is 452 g/mol. The lowest BCUT2D eigenvalue weighted by molar-refractivity contribution is -0.143. The number of carbonyl (C=O) groups excluding carboxylic acids is 4. The van der Waals surface area contributed by atoms with E-state index in [1.807, 2.05) is 0 Å². The quantitative estimate of drug-likeness (QED) is 0.0988. The summed E-state index contributed by atoms with van der Waals surface area (Å²) in [6.07, 6.45) is -0.0467. The topological polar surface area (TPSA) is 257 Å². The van der Waals surface area contributed by atoms with Crippen LogP contribution in [0.25, 0.3) is 0 Å². The Morgan fingerprint density at radius 2 is 1.41 bits per heavy atom. The van der Waals surface area contributed by atoms with Crippen LogP contribution in [0.1, 0.15) is 52.4 Å². The average molecular weight is 489 g/mol. The predicted octanol–water partition coefficient (Wildman–Crippen LogP) is -2.62. The van der Waals surface area contributed by atoms with Gasteiger partial charge in [0.15, 0.2) is 0 Å². The summed E-state index contributed by atoms with van der Waals surface area (Å²) in [5, 5.41) is 25.2. The van der Waals surface area contributed by atoms with Crippen LogP contribution >= 0.6 is 0 Å². The highest BCUT2D eigenvalue weighted by Gasteiger charge is 2.32. The average Bonchev–Trinajstić information content (AvgIpc) is 2.72. The Morgan fingerprint density at radius 3 is 1.88 bits per heavy atom. The van der Waals surface area contributed by atoms with Gasteiger partial charge in [-0.3, -0.25) is 24.0 Å². The number of carbonyl (C=O) groups is 6. The summed E-state index contributed by atoms with van der Waals surface area (Å²) >= 11 is 0. The van der Waals surface area contributed by atoms with E-state index < -0.39 is 78.5 Å². The first-order valence-corrected chi connectivity index (χ1v) is 10.9. The van der Waals surface area contributed by atoms with E-state index in [0.29, 0.717) is 19.4 Å². The first kappa shape index (κ1) is 30.7. The van der Waals surface area contributed by atoms with Crippen LogP contribution in [0.15, 0.2) is 0 Å². The van der Waals surface area contributed by atoms with Crippen LogP contribution in [0.4, 0.5) is 0 Å². The molecule has 194 valence electrons. The minimum atomic E-state index is -1.46. The zero-order chi connectivity index (χ0) is 26.4. The van der Waals surface area contributed by atoms with Crippen LogP contribution in [-0.4, -0.2) is 76.5 Å². The summed E-state index contributed by atoms with van der Waals surface area (Å²) in [5.74, 6) is -6.23. The van der Waals surface area contributed by atoms with Crippen molar-refractivity contribution < 1.29 is 39.0 Å². The third-order valence-corrected chi connectivity index (χ3v) is 4.85. The van der Waals surface area contributed by atoms with Crippen molar-refractivity contribution in [1.82, 2.24) is 16.0 Å². The summed E-state index contributed by atoms with van der Waals surface area (Å²) in [6.45, 7) is 3.58. The number of carboxylic acid groups (broad SMARTS) is 2. The van der Waals surface area contributed by atoms with Crippen LogP contribution < -0.4 is 33.2 Å².